The molecule has 0 aromatic carbocycles. The third kappa shape index (κ3) is 4.98. The van der Waals surface area contributed by atoms with Crippen LogP contribution in [0.1, 0.15) is 25.8 Å². The first kappa shape index (κ1) is 13.0. The zero-order valence-corrected chi connectivity index (χ0v) is 10.0. The molecular weight excluding hydrogens is 216 g/mol. The van der Waals surface area contributed by atoms with Crippen LogP contribution in [0.15, 0.2) is 18.3 Å². The van der Waals surface area contributed by atoms with Crippen molar-refractivity contribution in [1.82, 2.24) is 10.3 Å². The van der Waals surface area contributed by atoms with Gasteiger partial charge in [0.1, 0.15) is 11.9 Å². The van der Waals surface area contributed by atoms with Crippen molar-refractivity contribution >= 4 is 11.7 Å². The fourth-order valence-electron chi connectivity index (χ4n) is 1.26. The van der Waals surface area contributed by atoms with Gasteiger partial charge < -0.3 is 10.6 Å². The Kier molecular flexibility index (Phi) is 4.95. The summed E-state index contributed by atoms with van der Waals surface area (Å²) in [5.41, 5.74) is 0.521. The summed E-state index contributed by atoms with van der Waals surface area (Å²) < 4.78 is 0. The number of amides is 1. The summed E-state index contributed by atoms with van der Waals surface area (Å²) in [4.78, 5) is 15.4. The fourth-order valence-corrected chi connectivity index (χ4v) is 1.26. The molecule has 1 amide bonds. The largest absolute Gasteiger partial charge is 0.370 e. The normalized spacial score (nSPS) is 9.76. The maximum absolute atomic E-state index is 11.3. The molecule has 0 radical (unpaired) electrons. The number of carbonyl (C=O) groups excluding carboxylic acids is 1. The molecule has 0 spiro atoms. The summed E-state index contributed by atoms with van der Waals surface area (Å²) in [6, 6.07) is 5.56. The van der Waals surface area contributed by atoms with Crippen LogP contribution >= 0.6 is 0 Å². The summed E-state index contributed by atoms with van der Waals surface area (Å²) in [7, 11) is 0. The van der Waals surface area contributed by atoms with Crippen LogP contribution in [0.5, 0.6) is 0 Å². The van der Waals surface area contributed by atoms with Gasteiger partial charge in [-0.1, -0.05) is 0 Å². The monoisotopic (exact) mass is 232 g/mol. The maximum atomic E-state index is 11.3. The molecule has 0 fully saturated rings. The Bertz CT molecular complexity index is 406. The Morgan fingerprint density at radius 3 is 2.82 bits per heavy atom. The second-order valence-electron chi connectivity index (χ2n) is 3.94. The first-order valence-corrected chi connectivity index (χ1v) is 5.51. The van der Waals surface area contributed by atoms with Crippen LogP contribution in [0.4, 0.5) is 5.82 Å². The number of nitrogens with one attached hydrogen (secondary N) is 2. The third-order valence-electron chi connectivity index (χ3n) is 2.00. The van der Waals surface area contributed by atoms with Crippen LogP contribution in [-0.2, 0) is 4.79 Å². The second-order valence-corrected chi connectivity index (χ2v) is 3.94. The second kappa shape index (κ2) is 6.48. The van der Waals surface area contributed by atoms with Crippen molar-refractivity contribution in [1.29, 1.82) is 5.26 Å². The highest BCUT2D eigenvalue weighted by atomic mass is 16.1. The van der Waals surface area contributed by atoms with E-state index in [9.17, 15) is 4.79 Å². The van der Waals surface area contributed by atoms with Gasteiger partial charge in [-0.2, -0.15) is 5.26 Å². The molecule has 90 valence electrons. The Labute approximate surface area is 101 Å². The van der Waals surface area contributed by atoms with Gasteiger partial charge in [0.15, 0.2) is 0 Å². The number of rotatable bonds is 5. The Morgan fingerprint density at radius 1 is 1.53 bits per heavy atom. The summed E-state index contributed by atoms with van der Waals surface area (Å²) >= 11 is 0. The molecule has 0 unspecified atom stereocenters. The zero-order valence-electron chi connectivity index (χ0n) is 10.0. The summed E-state index contributed by atoms with van der Waals surface area (Å²) in [6.07, 6.45) is 1.90. The van der Waals surface area contributed by atoms with Gasteiger partial charge in [0.2, 0.25) is 5.91 Å². The van der Waals surface area contributed by atoms with E-state index in [1.165, 1.54) is 6.20 Å². The van der Waals surface area contributed by atoms with Crippen LogP contribution in [0, 0.1) is 11.3 Å². The van der Waals surface area contributed by atoms with Gasteiger partial charge in [-0.25, -0.2) is 4.98 Å². The number of nitrogens with zero attached hydrogens (tertiary/aromatic N) is 2. The minimum atomic E-state index is 0.0149. The molecular formula is C12H16N4O. The zero-order chi connectivity index (χ0) is 12.7. The SMILES string of the molecule is CC(C)NC(=O)CCNc1ccc(C#N)cn1. The van der Waals surface area contributed by atoms with Gasteiger partial charge in [-0.3, -0.25) is 4.79 Å². The summed E-state index contributed by atoms with van der Waals surface area (Å²) in [5.74, 6) is 0.683. The standard InChI is InChI=1S/C12H16N4O/c1-9(2)16-12(17)5-6-14-11-4-3-10(7-13)8-15-11/h3-4,8-9H,5-6H2,1-2H3,(H,14,15)(H,16,17). The molecule has 1 rings (SSSR count). The maximum Gasteiger partial charge on any atom is 0.221 e. The predicted molar refractivity (Wildman–Crippen MR) is 65.3 cm³/mol. The number of pyridine rings is 1. The topological polar surface area (TPSA) is 77.8 Å². The van der Waals surface area contributed by atoms with E-state index in [2.05, 4.69) is 15.6 Å². The van der Waals surface area contributed by atoms with Crippen LogP contribution < -0.4 is 10.6 Å². The lowest BCUT2D eigenvalue weighted by atomic mass is 10.3. The molecule has 5 nitrogen and oxygen atoms in total. The predicted octanol–water partition coefficient (Wildman–Crippen LogP) is 1.28. The van der Waals surface area contributed by atoms with Crippen molar-refractivity contribution in [3.8, 4) is 6.07 Å². The van der Waals surface area contributed by atoms with E-state index >= 15 is 0 Å². The lowest BCUT2D eigenvalue weighted by Gasteiger charge is -2.09. The highest BCUT2D eigenvalue weighted by molar-refractivity contribution is 5.76. The van der Waals surface area contributed by atoms with E-state index in [1.54, 1.807) is 12.1 Å². The number of nitriles is 1. The van der Waals surface area contributed by atoms with Crippen molar-refractivity contribution in [3.63, 3.8) is 0 Å². The van der Waals surface area contributed by atoms with Crippen LogP contribution in [0.25, 0.3) is 0 Å². The molecule has 0 saturated carbocycles. The molecule has 5 heteroatoms. The van der Waals surface area contributed by atoms with Crippen molar-refractivity contribution in [2.24, 2.45) is 0 Å². The Balaban J connectivity index is 2.31. The van der Waals surface area contributed by atoms with Gasteiger partial charge in [-0.05, 0) is 26.0 Å². The van der Waals surface area contributed by atoms with Crippen molar-refractivity contribution in [2.75, 3.05) is 11.9 Å². The van der Waals surface area contributed by atoms with Crippen LogP contribution in [0.2, 0.25) is 0 Å². The molecule has 0 saturated heterocycles. The first-order chi connectivity index (χ1) is 8.11. The highest BCUT2D eigenvalue weighted by Crippen LogP contribution is 2.03. The van der Waals surface area contributed by atoms with E-state index in [4.69, 9.17) is 5.26 Å². The minimum absolute atomic E-state index is 0.0149. The average Bonchev–Trinajstić information content (AvgIpc) is 2.29. The molecule has 0 bridgehead atoms. The van der Waals surface area contributed by atoms with Gasteiger partial charge in [0, 0.05) is 25.2 Å². The number of aromatic nitrogens is 1. The minimum Gasteiger partial charge on any atom is -0.370 e. The quantitative estimate of drug-likeness (QED) is 0.801. The van der Waals surface area contributed by atoms with Crippen molar-refractivity contribution < 1.29 is 4.79 Å². The van der Waals surface area contributed by atoms with E-state index in [0.29, 0.717) is 24.3 Å². The number of carbonyl (C=O) groups is 1. The molecule has 0 aliphatic rings. The summed E-state index contributed by atoms with van der Waals surface area (Å²) in [6.45, 7) is 4.37. The Hall–Kier alpha value is -2.09. The lowest BCUT2D eigenvalue weighted by molar-refractivity contribution is -0.121. The Morgan fingerprint density at radius 2 is 2.29 bits per heavy atom. The molecule has 1 heterocycles. The average molecular weight is 232 g/mol. The molecule has 2 N–H and O–H groups in total. The molecule has 0 aliphatic heterocycles. The van der Waals surface area contributed by atoms with E-state index in [0.717, 1.165) is 0 Å². The molecule has 0 atom stereocenters. The number of hydrogen-bond acceptors (Lipinski definition) is 4. The van der Waals surface area contributed by atoms with Gasteiger partial charge in [0.05, 0.1) is 5.56 Å². The molecule has 0 aliphatic carbocycles. The lowest BCUT2D eigenvalue weighted by Crippen LogP contribution is -2.31. The van der Waals surface area contributed by atoms with Crippen molar-refractivity contribution in [3.05, 3.63) is 23.9 Å². The van der Waals surface area contributed by atoms with Crippen LogP contribution in [0.3, 0.4) is 0 Å². The third-order valence-corrected chi connectivity index (χ3v) is 2.00. The number of hydrogen-bond donors (Lipinski definition) is 2. The van der Waals surface area contributed by atoms with E-state index in [1.807, 2.05) is 19.9 Å². The first-order valence-electron chi connectivity index (χ1n) is 5.51. The van der Waals surface area contributed by atoms with Crippen molar-refractivity contribution in [2.45, 2.75) is 26.3 Å². The fraction of sp³-hybridized carbons (Fsp3) is 0.417. The van der Waals surface area contributed by atoms with Gasteiger partial charge in [-0.15, -0.1) is 0 Å². The van der Waals surface area contributed by atoms with Crippen LogP contribution in [-0.4, -0.2) is 23.5 Å². The van der Waals surface area contributed by atoms with E-state index in [-0.39, 0.29) is 11.9 Å². The van der Waals surface area contributed by atoms with Gasteiger partial charge >= 0.3 is 0 Å². The van der Waals surface area contributed by atoms with E-state index < -0.39 is 0 Å². The molecule has 1 aromatic rings. The molecule has 1 aromatic heterocycles. The van der Waals surface area contributed by atoms with Gasteiger partial charge in [0.25, 0.3) is 0 Å². The molecule has 17 heavy (non-hydrogen) atoms. The smallest absolute Gasteiger partial charge is 0.221 e. The highest BCUT2D eigenvalue weighted by Gasteiger charge is 2.02. The number of anilines is 1. The summed E-state index contributed by atoms with van der Waals surface area (Å²) in [5, 5.41) is 14.4.